The van der Waals surface area contributed by atoms with E-state index in [0.717, 1.165) is 77.7 Å². The number of ether oxygens (including phenoxy) is 2. The summed E-state index contributed by atoms with van der Waals surface area (Å²) >= 11 is 1.68. The zero-order valence-electron chi connectivity index (χ0n) is 29.4. The van der Waals surface area contributed by atoms with Crippen molar-refractivity contribution in [1.29, 1.82) is 0 Å². The summed E-state index contributed by atoms with van der Waals surface area (Å²) in [5.41, 5.74) is 5.56. The van der Waals surface area contributed by atoms with E-state index in [2.05, 4.69) is 20.9 Å². The second-order valence-corrected chi connectivity index (χ2v) is 15.1. The Morgan fingerprint density at radius 2 is 1.90 bits per heavy atom. The molecule has 6 heterocycles. The van der Waals surface area contributed by atoms with Gasteiger partial charge in [0.1, 0.15) is 16.5 Å². The molecule has 4 aromatic heterocycles. The van der Waals surface area contributed by atoms with Crippen LogP contribution in [0.25, 0.3) is 33.4 Å². The molecule has 12 heteroatoms. The second-order valence-electron chi connectivity index (χ2n) is 14.1. The number of pyridine rings is 2. The molecule has 2 aliphatic rings. The van der Waals surface area contributed by atoms with Crippen LogP contribution in [0.5, 0.6) is 5.75 Å². The molecule has 1 N–H and O–H groups in total. The summed E-state index contributed by atoms with van der Waals surface area (Å²) < 4.78 is 29.8. The third kappa shape index (κ3) is 6.47. The maximum absolute atomic E-state index is 15.8. The van der Waals surface area contributed by atoms with Gasteiger partial charge in [-0.2, -0.15) is 0 Å². The Balaban J connectivity index is 1.35. The number of anilines is 1. The van der Waals surface area contributed by atoms with Crippen molar-refractivity contribution in [3.05, 3.63) is 75.2 Å². The van der Waals surface area contributed by atoms with Crippen molar-refractivity contribution in [2.75, 3.05) is 37.7 Å². The summed E-state index contributed by atoms with van der Waals surface area (Å²) in [6, 6.07) is 7.60. The summed E-state index contributed by atoms with van der Waals surface area (Å²) in [6.45, 7) is 14.1. The molecule has 1 saturated heterocycles. The predicted molar refractivity (Wildman–Crippen MR) is 193 cm³/mol. The molecule has 0 amide bonds. The molecule has 0 saturated carbocycles. The number of benzene rings is 1. The molecule has 2 aliphatic heterocycles. The maximum Gasteiger partial charge on any atom is 0.337 e. The monoisotopic (exact) mass is 698 g/mol. The molecule has 0 aliphatic carbocycles. The molecule has 0 radical (unpaired) electrons. The highest BCUT2D eigenvalue weighted by Crippen LogP contribution is 2.45. The molecule has 1 fully saturated rings. The number of rotatable bonds is 8. The molecule has 0 spiro atoms. The molecular weight excluding hydrogens is 656 g/mol. The van der Waals surface area contributed by atoms with Gasteiger partial charge in [-0.15, -0.1) is 11.3 Å². The van der Waals surface area contributed by atoms with Crippen LogP contribution in [0.3, 0.4) is 0 Å². The Labute approximate surface area is 295 Å². The molecule has 1 aromatic carbocycles. The van der Waals surface area contributed by atoms with Gasteiger partial charge in [0.05, 0.1) is 24.4 Å². The first-order valence-corrected chi connectivity index (χ1v) is 18.0. The smallest absolute Gasteiger partial charge is 0.337 e. The molecule has 0 bridgehead atoms. The summed E-state index contributed by atoms with van der Waals surface area (Å²) in [5.74, 6) is -0.418. The molecule has 7 rings (SSSR count). The van der Waals surface area contributed by atoms with Crippen LogP contribution >= 0.6 is 11.3 Å². The van der Waals surface area contributed by atoms with E-state index in [-0.39, 0.29) is 5.75 Å². The molecule has 0 unspecified atom stereocenters. The van der Waals surface area contributed by atoms with Gasteiger partial charge in [0.2, 0.25) is 0 Å². The van der Waals surface area contributed by atoms with Gasteiger partial charge in [-0.25, -0.2) is 24.1 Å². The van der Waals surface area contributed by atoms with Gasteiger partial charge in [-0.1, -0.05) is 0 Å². The fraction of sp³-hybridized carbons (Fsp3) is 0.421. The Morgan fingerprint density at radius 3 is 2.60 bits per heavy atom. The fourth-order valence-electron chi connectivity index (χ4n) is 7.26. The lowest BCUT2D eigenvalue weighted by atomic mass is 9.86. The van der Waals surface area contributed by atoms with Crippen molar-refractivity contribution in [1.82, 2.24) is 24.4 Å². The van der Waals surface area contributed by atoms with Crippen molar-refractivity contribution in [3.8, 4) is 28.1 Å². The van der Waals surface area contributed by atoms with Crippen molar-refractivity contribution in [2.45, 2.75) is 65.7 Å². The predicted octanol–water partition coefficient (Wildman–Crippen LogP) is 7.10. The first kappa shape index (κ1) is 34.1. The number of nitrogens with zero attached hydrogens (tertiary/aromatic N) is 6. The lowest BCUT2D eigenvalue weighted by Gasteiger charge is -2.35. The normalized spacial score (nSPS) is 16.0. The first-order chi connectivity index (χ1) is 23.9. The largest absolute Gasteiger partial charge is 0.490 e. The Hall–Kier alpha value is -4.39. The Morgan fingerprint density at radius 1 is 1.12 bits per heavy atom. The Bertz CT molecular complexity index is 2060. The number of fused-ring (bicyclic) bond motifs is 2. The number of carboxylic acids is 1. The minimum Gasteiger partial charge on any atom is -0.490 e. The van der Waals surface area contributed by atoms with Crippen LogP contribution in [0.1, 0.15) is 60.7 Å². The first-order valence-electron chi connectivity index (χ1n) is 17.1. The van der Waals surface area contributed by atoms with Crippen LogP contribution in [0.15, 0.2) is 42.0 Å². The quantitative estimate of drug-likeness (QED) is 0.182. The standard InChI is InChI=1S/C38H43FN6O4S/c1-22-25-8-7-16-48-34(25)28(39)19-26(22)33-27-20-29(43(6)36(27)42-23(2)32(33)35(37(46)47)49-38(3,4)5)24-9-10-40-30(18-24)45-14-12-44(13-15-45)21-31-41-11-17-50-31/h9-11,17-20,35H,7-8,12-16,21H2,1-6H3,(H,46,47)/t35-/m0/s1. The van der Waals surface area contributed by atoms with E-state index in [0.29, 0.717) is 41.1 Å². The van der Waals surface area contributed by atoms with E-state index >= 15 is 4.39 Å². The number of hydrogen-bond donors (Lipinski definition) is 1. The summed E-state index contributed by atoms with van der Waals surface area (Å²) in [6.07, 6.45) is 3.80. The van der Waals surface area contributed by atoms with Gasteiger partial charge in [-0.3, -0.25) is 4.90 Å². The fourth-order valence-corrected chi connectivity index (χ4v) is 7.91. The van der Waals surface area contributed by atoms with E-state index < -0.39 is 23.5 Å². The number of aliphatic carboxylic acids is 1. The van der Waals surface area contributed by atoms with Gasteiger partial charge < -0.3 is 24.0 Å². The van der Waals surface area contributed by atoms with Gasteiger partial charge in [0.15, 0.2) is 17.7 Å². The van der Waals surface area contributed by atoms with Crippen molar-refractivity contribution in [3.63, 3.8) is 0 Å². The number of piperazine rings is 1. The summed E-state index contributed by atoms with van der Waals surface area (Å²) in [7, 11) is 1.96. The average molecular weight is 699 g/mol. The third-order valence-corrected chi connectivity index (χ3v) is 10.4. The highest BCUT2D eigenvalue weighted by atomic mass is 32.1. The van der Waals surface area contributed by atoms with Crippen molar-refractivity contribution < 1.29 is 23.8 Å². The lowest BCUT2D eigenvalue weighted by molar-refractivity contribution is -0.160. The molecule has 50 heavy (non-hydrogen) atoms. The molecule has 5 aromatic rings. The third-order valence-electron chi connectivity index (χ3n) is 9.65. The average Bonchev–Trinajstić information content (AvgIpc) is 3.72. The maximum atomic E-state index is 15.8. The molecular formula is C38H43FN6O4S. The van der Waals surface area contributed by atoms with E-state index in [1.807, 2.05) is 69.2 Å². The van der Waals surface area contributed by atoms with E-state index in [1.54, 1.807) is 18.3 Å². The van der Waals surface area contributed by atoms with E-state index in [9.17, 15) is 9.90 Å². The van der Waals surface area contributed by atoms with Gasteiger partial charge >= 0.3 is 5.97 Å². The van der Waals surface area contributed by atoms with Gasteiger partial charge in [0, 0.05) is 84.3 Å². The number of hydrogen-bond acceptors (Lipinski definition) is 9. The number of halogens is 1. The number of carbonyl (C=O) groups is 1. The zero-order valence-corrected chi connectivity index (χ0v) is 30.2. The van der Waals surface area contributed by atoms with Crippen LogP contribution in [-0.4, -0.2) is 73.9 Å². The number of aromatic nitrogens is 4. The van der Waals surface area contributed by atoms with Gasteiger partial charge in [-0.05, 0) is 82.9 Å². The topological polar surface area (TPSA) is 106 Å². The van der Waals surface area contributed by atoms with Crippen LogP contribution in [0.2, 0.25) is 0 Å². The number of aryl methyl sites for hydroxylation is 2. The Kier molecular flexibility index (Phi) is 9.12. The molecule has 1 atom stereocenters. The highest BCUT2D eigenvalue weighted by Gasteiger charge is 2.34. The minimum atomic E-state index is -1.33. The minimum absolute atomic E-state index is 0.281. The highest BCUT2D eigenvalue weighted by molar-refractivity contribution is 7.09. The van der Waals surface area contributed by atoms with Crippen LogP contribution in [0.4, 0.5) is 10.2 Å². The molecule has 10 nitrogen and oxygen atoms in total. The number of thiazole rings is 1. The van der Waals surface area contributed by atoms with E-state index in [4.69, 9.17) is 19.4 Å². The number of carboxylic acid groups (broad SMARTS) is 1. The van der Waals surface area contributed by atoms with Crippen LogP contribution in [-0.2, 0) is 29.5 Å². The second kappa shape index (κ2) is 13.4. The van der Waals surface area contributed by atoms with Crippen LogP contribution in [0, 0.1) is 19.7 Å². The SMILES string of the molecule is Cc1nc2c(cc(-c3ccnc(N4CCN(Cc5nccs5)CC4)c3)n2C)c(-c2cc(F)c3c(c2C)CCCO3)c1[C@H](OC(C)(C)C)C(=O)O. The lowest BCUT2D eigenvalue weighted by Crippen LogP contribution is -2.46. The van der Waals surface area contributed by atoms with Crippen LogP contribution < -0.4 is 9.64 Å². The van der Waals surface area contributed by atoms with Gasteiger partial charge in [0.25, 0.3) is 0 Å². The summed E-state index contributed by atoms with van der Waals surface area (Å²) in [4.78, 5) is 31.8. The van der Waals surface area contributed by atoms with E-state index in [1.165, 1.54) is 6.07 Å². The van der Waals surface area contributed by atoms with Crippen molar-refractivity contribution in [2.24, 2.45) is 7.05 Å². The molecule has 262 valence electrons. The van der Waals surface area contributed by atoms with Crippen molar-refractivity contribution >= 4 is 34.2 Å². The summed E-state index contributed by atoms with van der Waals surface area (Å²) in [5, 5.41) is 14.4. The zero-order chi connectivity index (χ0) is 35.3.